The van der Waals surface area contributed by atoms with Crippen LogP contribution in [0.4, 0.5) is 11.5 Å². The van der Waals surface area contributed by atoms with Crippen molar-refractivity contribution in [2.45, 2.75) is 31.2 Å². The molecule has 7 nitrogen and oxygen atoms in total. The van der Waals surface area contributed by atoms with E-state index in [1.807, 2.05) is 48.3 Å². The van der Waals surface area contributed by atoms with Gasteiger partial charge in [0.1, 0.15) is 0 Å². The van der Waals surface area contributed by atoms with E-state index >= 15 is 0 Å². The molecule has 5 rings (SSSR count). The highest BCUT2D eigenvalue weighted by atomic mass is 16.2. The van der Waals surface area contributed by atoms with E-state index in [1.54, 1.807) is 4.90 Å². The van der Waals surface area contributed by atoms with Crippen LogP contribution in [0.2, 0.25) is 0 Å². The first kappa shape index (κ1) is 18.1. The molecular formula is C22H25N5O2. The summed E-state index contributed by atoms with van der Waals surface area (Å²) >= 11 is 0. The Labute approximate surface area is 170 Å². The number of amides is 2. The van der Waals surface area contributed by atoms with Crippen molar-refractivity contribution in [1.29, 1.82) is 0 Å². The minimum Gasteiger partial charge on any atom is -0.351 e. The number of hydrogen-bond donors (Lipinski definition) is 0. The number of nitrogens with zero attached hydrogens (tertiary/aromatic N) is 5. The summed E-state index contributed by atoms with van der Waals surface area (Å²) in [7, 11) is 1.85. The van der Waals surface area contributed by atoms with Gasteiger partial charge in [-0.3, -0.25) is 9.59 Å². The Bertz CT molecular complexity index is 907. The lowest BCUT2D eigenvalue weighted by atomic mass is 10.0. The second kappa shape index (κ2) is 7.13. The molecule has 0 N–H and O–H groups in total. The van der Waals surface area contributed by atoms with Crippen molar-refractivity contribution in [3.05, 3.63) is 48.2 Å². The summed E-state index contributed by atoms with van der Waals surface area (Å²) in [6.07, 6.45) is 2.72. The Hall–Kier alpha value is -2.96. The first-order valence-electron chi connectivity index (χ1n) is 10.3. The van der Waals surface area contributed by atoms with Gasteiger partial charge < -0.3 is 14.7 Å². The minimum absolute atomic E-state index is 0.0178. The summed E-state index contributed by atoms with van der Waals surface area (Å²) in [5.74, 6) is 1.27. The van der Waals surface area contributed by atoms with Crippen LogP contribution in [0.3, 0.4) is 0 Å². The predicted octanol–water partition coefficient (Wildman–Crippen LogP) is 2.05. The fraction of sp³-hybridized carbons (Fsp3) is 0.455. The maximum atomic E-state index is 13.0. The number of carbonyl (C=O) groups is 2. The molecular weight excluding hydrogens is 366 g/mol. The number of anilines is 2. The van der Waals surface area contributed by atoms with Gasteiger partial charge in [0.15, 0.2) is 5.82 Å². The number of benzene rings is 1. The molecule has 2 saturated heterocycles. The second-order valence-electron chi connectivity index (χ2n) is 8.34. The van der Waals surface area contributed by atoms with Gasteiger partial charge in [0.25, 0.3) is 0 Å². The molecule has 0 radical (unpaired) electrons. The Kier molecular flexibility index (Phi) is 4.45. The van der Waals surface area contributed by atoms with Crippen LogP contribution in [0, 0.1) is 5.92 Å². The van der Waals surface area contributed by atoms with Gasteiger partial charge in [0, 0.05) is 44.7 Å². The maximum Gasteiger partial charge on any atom is 0.228 e. The standard InChI is InChI=1S/C22H25N5O2/c1-25(18-13-26(14-18)20-10-9-19(23-24-20)15-7-8-15)22(29)16-11-21(28)27(12-16)17-5-3-2-4-6-17/h2-6,9-10,15-16,18H,7-8,11-14H2,1H3. The number of para-hydroxylation sites is 1. The van der Waals surface area contributed by atoms with Gasteiger partial charge in [-0.1, -0.05) is 18.2 Å². The average Bonchev–Trinajstić information content (AvgIpc) is 3.49. The van der Waals surface area contributed by atoms with Crippen molar-refractivity contribution in [3.8, 4) is 0 Å². The summed E-state index contributed by atoms with van der Waals surface area (Å²) < 4.78 is 0. The summed E-state index contributed by atoms with van der Waals surface area (Å²) in [6.45, 7) is 1.96. The molecule has 2 aliphatic heterocycles. The third-order valence-electron chi connectivity index (χ3n) is 6.29. The lowest BCUT2D eigenvalue weighted by molar-refractivity contribution is -0.137. The lowest BCUT2D eigenvalue weighted by Crippen LogP contribution is -2.61. The van der Waals surface area contributed by atoms with Crippen LogP contribution >= 0.6 is 0 Å². The largest absolute Gasteiger partial charge is 0.351 e. The normalized spacial score (nSPS) is 22.0. The number of hydrogen-bond acceptors (Lipinski definition) is 5. The fourth-order valence-electron chi connectivity index (χ4n) is 4.19. The van der Waals surface area contributed by atoms with Crippen molar-refractivity contribution < 1.29 is 9.59 Å². The maximum absolute atomic E-state index is 13.0. The summed E-state index contributed by atoms with van der Waals surface area (Å²) in [6, 6.07) is 13.8. The molecule has 0 spiro atoms. The molecule has 3 aliphatic rings. The van der Waals surface area contributed by atoms with E-state index in [2.05, 4.69) is 21.2 Å². The van der Waals surface area contributed by atoms with Crippen LogP contribution in [-0.2, 0) is 9.59 Å². The smallest absolute Gasteiger partial charge is 0.228 e. The van der Waals surface area contributed by atoms with E-state index in [1.165, 1.54) is 12.8 Å². The van der Waals surface area contributed by atoms with Crippen LogP contribution < -0.4 is 9.80 Å². The van der Waals surface area contributed by atoms with Crippen LogP contribution in [0.1, 0.15) is 30.9 Å². The molecule has 7 heteroatoms. The molecule has 2 amide bonds. The van der Waals surface area contributed by atoms with Gasteiger partial charge in [0.05, 0.1) is 17.7 Å². The van der Waals surface area contributed by atoms with Gasteiger partial charge in [-0.2, -0.15) is 5.10 Å². The second-order valence-corrected chi connectivity index (χ2v) is 8.34. The average molecular weight is 391 g/mol. The zero-order valence-electron chi connectivity index (χ0n) is 16.6. The van der Waals surface area contributed by atoms with E-state index in [-0.39, 0.29) is 30.2 Å². The zero-order chi connectivity index (χ0) is 20.0. The van der Waals surface area contributed by atoms with Crippen molar-refractivity contribution in [2.24, 2.45) is 5.92 Å². The molecule has 2 aromatic rings. The van der Waals surface area contributed by atoms with Crippen LogP contribution in [0.5, 0.6) is 0 Å². The first-order valence-corrected chi connectivity index (χ1v) is 10.3. The number of aromatic nitrogens is 2. The monoisotopic (exact) mass is 391 g/mol. The van der Waals surface area contributed by atoms with E-state index in [0.29, 0.717) is 12.5 Å². The van der Waals surface area contributed by atoms with Crippen LogP contribution in [-0.4, -0.2) is 59.6 Å². The van der Waals surface area contributed by atoms with E-state index in [4.69, 9.17) is 0 Å². The minimum atomic E-state index is -0.278. The van der Waals surface area contributed by atoms with Gasteiger partial charge in [-0.15, -0.1) is 5.10 Å². The molecule has 3 fully saturated rings. The van der Waals surface area contributed by atoms with Crippen molar-refractivity contribution in [2.75, 3.05) is 36.5 Å². The Balaban J connectivity index is 1.17. The lowest BCUT2D eigenvalue weighted by Gasteiger charge is -2.45. The topological polar surface area (TPSA) is 69.6 Å². The quantitative estimate of drug-likeness (QED) is 0.780. The third-order valence-corrected chi connectivity index (χ3v) is 6.29. The van der Waals surface area contributed by atoms with Gasteiger partial charge in [0.2, 0.25) is 11.8 Å². The van der Waals surface area contributed by atoms with Gasteiger partial charge >= 0.3 is 0 Å². The van der Waals surface area contributed by atoms with Crippen molar-refractivity contribution in [1.82, 2.24) is 15.1 Å². The SMILES string of the molecule is CN(C(=O)C1CC(=O)N(c2ccccc2)C1)C1CN(c2ccc(C3CC3)nn2)C1. The molecule has 1 aromatic carbocycles. The molecule has 3 heterocycles. The summed E-state index contributed by atoms with van der Waals surface area (Å²) in [4.78, 5) is 31.1. The number of rotatable bonds is 5. The highest BCUT2D eigenvalue weighted by Gasteiger charge is 2.40. The molecule has 29 heavy (non-hydrogen) atoms. The Morgan fingerprint density at radius 1 is 1.03 bits per heavy atom. The Morgan fingerprint density at radius 2 is 1.79 bits per heavy atom. The molecule has 1 saturated carbocycles. The molecule has 1 aromatic heterocycles. The third kappa shape index (κ3) is 3.45. The molecule has 1 aliphatic carbocycles. The first-order chi connectivity index (χ1) is 14.1. The highest BCUT2D eigenvalue weighted by molar-refractivity contribution is 6.00. The fourth-order valence-corrected chi connectivity index (χ4v) is 4.19. The molecule has 1 atom stereocenters. The van der Waals surface area contributed by atoms with E-state index in [9.17, 15) is 9.59 Å². The van der Waals surface area contributed by atoms with Gasteiger partial charge in [-0.25, -0.2) is 0 Å². The molecule has 1 unspecified atom stereocenters. The predicted molar refractivity (Wildman–Crippen MR) is 110 cm³/mol. The molecule has 0 bridgehead atoms. The highest BCUT2D eigenvalue weighted by Crippen LogP contribution is 2.39. The van der Waals surface area contributed by atoms with E-state index in [0.717, 1.165) is 30.3 Å². The van der Waals surface area contributed by atoms with Crippen LogP contribution in [0.25, 0.3) is 0 Å². The zero-order valence-corrected chi connectivity index (χ0v) is 16.6. The molecule has 150 valence electrons. The van der Waals surface area contributed by atoms with Gasteiger partial charge in [-0.05, 0) is 37.1 Å². The number of carbonyl (C=O) groups excluding carboxylic acids is 2. The van der Waals surface area contributed by atoms with Crippen LogP contribution in [0.15, 0.2) is 42.5 Å². The number of likely N-dealkylation sites (N-methyl/N-ethyl adjacent to an activating group) is 1. The van der Waals surface area contributed by atoms with E-state index < -0.39 is 0 Å². The van der Waals surface area contributed by atoms with Crippen molar-refractivity contribution >= 4 is 23.3 Å². The Morgan fingerprint density at radius 3 is 2.45 bits per heavy atom. The summed E-state index contributed by atoms with van der Waals surface area (Å²) in [5, 5.41) is 8.69. The van der Waals surface area contributed by atoms with Crippen molar-refractivity contribution in [3.63, 3.8) is 0 Å². The summed E-state index contributed by atoms with van der Waals surface area (Å²) in [5.41, 5.74) is 1.95.